The topological polar surface area (TPSA) is 75.6 Å². The Labute approximate surface area is 147 Å². The molecule has 0 aliphatic heterocycles. The van der Waals surface area contributed by atoms with E-state index in [1.165, 1.54) is 0 Å². The third-order valence-electron chi connectivity index (χ3n) is 4.11. The summed E-state index contributed by atoms with van der Waals surface area (Å²) in [6, 6.07) is 9.63. The van der Waals surface area contributed by atoms with Crippen LogP contribution in [0.2, 0.25) is 0 Å². The van der Waals surface area contributed by atoms with Crippen LogP contribution in [-0.2, 0) is 10.0 Å². The summed E-state index contributed by atoms with van der Waals surface area (Å²) in [5.41, 5.74) is 0.648. The Hall–Kier alpha value is -1.41. The average molecular weight is 370 g/mol. The summed E-state index contributed by atoms with van der Waals surface area (Å²) < 4.78 is 33.1. The molecule has 7 heteroatoms. The first-order chi connectivity index (χ1) is 11.4. The monoisotopic (exact) mass is 369 g/mol. The third kappa shape index (κ3) is 4.36. The Bertz CT molecular complexity index is 726. The van der Waals surface area contributed by atoms with E-state index in [4.69, 9.17) is 4.74 Å². The zero-order valence-corrected chi connectivity index (χ0v) is 15.6. The zero-order valence-electron chi connectivity index (χ0n) is 14.0. The first-order valence-electron chi connectivity index (χ1n) is 7.77. The normalized spacial score (nSPS) is 15.7. The van der Waals surface area contributed by atoms with Crippen molar-refractivity contribution >= 4 is 21.4 Å². The Morgan fingerprint density at radius 3 is 2.42 bits per heavy atom. The van der Waals surface area contributed by atoms with Crippen LogP contribution in [0.4, 0.5) is 0 Å². The van der Waals surface area contributed by atoms with Gasteiger partial charge in [0.1, 0.15) is 9.96 Å². The second-order valence-corrected chi connectivity index (χ2v) is 8.57. The summed E-state index contributed by atoms with van der Waals surface area (Å²) in [7, 11) is -2.08. The van der Waals surface area contributed by atoms with Gasteiger partial charge in [0.25, 0.3) is 0 Å². The molecule has 0 aliphatic rings. The van der Waals surface area contributed by atoms with Gasteiger partial charge in [0.2, 0.25) is 10.0 Å². The molecule has 1 aromatic heterocycles. The summed E-state index contributed by atoms with van der Waals surface area (Å²) in [5.74, 6) is 0.655. The van der Waals surface area contributed by atoms with E-state index >= 15 is 0 Å². The van der Waals surface area contributed by atoms with Crippen molar-refractivity contribution in [2.45, 2.75) is 36.6 Å². The number of aliphatic hydroxyl groups is 1. The SMILES string of the molecule is CC[C@H](C)[C@H](NS(=O)(=O)c1cccs1)C(O)c1ccc(OC)cc1. The molecule has 0 saturated heterocycles. The highest BCUT2D eigenvalue weighted by atomic mass is 32.2. The molecule has 2 N–H and O–H groups in total. The number of hydrogen-bond donors (Lipinski definition) is 2. The molecule has 1 unspecified atom stereocenters. The number of thiophene rings is 1. The van der Waals surface area contributed by atoms with Gasteiger partial charge in [-0.1, -0.05) is 38.5 Å². The Kier molecular flexibility index (Phi) is 6.40. The van der Waals surface area contributed by atoms with Crippen LogP contribution in [0.15, 0.2) is 46.0 Å². The first-order valence-corrected chi connectivity index (χ1v) is 10.1. The van der Waals surface area contributed by atoms with Gasteiger partial charge in [-0.25, -0.2) is 13.1 Å². The van der Waals surface area contributed by atoms with Crippen LogP contribution in [0.5, 0.6) is 5.75 Å². The fourth-order valence-electron chi connectivity index (χ4n) is 2.41. The van der Waals surface area contributed by atoms with E-state index in [0.29, 0.717) is 11.3 Å². The number of nitrogens with one attached hydrogen (secondary N) is 1. The number of aliphatic hydroxyl groups excluding tert-OH is 1. The van der Waals surface area contributed by atoms with Gasteiger partial charge >= 0.3 is 0 Å². The molecular formula is C17H23NO4S2. The van der Waals surface area contributed by atoms with Gasteiger partial charge in [-0.15, -0.1) is 11.3 Å². The van der Waals surface area contributed by atoms with E-state index in [1.54, 1.807) is 48.9 Å². The highest BCUT2D eigenvalue weighted by Gasteiger charge is 2.31. The summed E-state index contributed by atoms with van der Waals surface area (Å²) in [4.78, 5) is 0. The van der Waals surface area contributed by atoms with Crippen molar-refractivity contribution in [2.24, 2.45) is 5.92 Å². The second kappa shape index (κ2) is 8.11. The van der Waals surface area contributed by atoms with Gasteiger partial charge in [0.05, 0.1) is 19.3 Å². The van der Waals surface area contributed by atoms with Crippen LogP contribution in [0, 0.1) is 5.92 Å². The van der Waals surface area contributed by atoms with E-state index in [2.05, 4.69) is 4.72 Å². The van der Waals surface area contributed by atoms with Gasteiger partial charge < -0.3 is 9.84 Å². The van der Waals surface area contributed by atoms with Crippen LogP contribution >= 0.6 is 11.3 Å². The van der Waals surface area contributed by atoms with Crippen molar-refractivity contribution in [2.75, 3.05) is 7.11 Å². The summed E-state index contributed by atoms with van der Waals surface area (Å²) in [6.45, 7) is 3.90. The maximum Gasteiger partial charge on any atom is 0.250 e. The van der Waals surface area contributed by atoms with E-state index in [-0.39, 0.29) is 10.1 Å². The molecule has 5 nitrogen and oxygen atoms in total. The Balaban J connectivity index is 2.27. The van der Waals surface area contributed by atoms with Crippen molar-refractivity contribution in [1.29, 1.82) is 0 Å². The smallest absolute Gasteiger partial charge is 0.250 e. The molecule has 3 atom stereocenters. The molecule has 0 aliphatic carbocycles. The van der Waals surface area contributed by atoms with Crippen molar-refractivity contribution in [3.05, 3.63) is 47.3 Å². The average Bonchev–Trinajstić information content (AvgIpc) is 3.14. The molecule has 1 aromatic carbocycles. The van der Waals surface area contributed by atoms with E-state index in [1.807, 2.05) is 13.8 Å². The number of methoxy groups -OCH3 is 1. The largest absolute Gasteiger partial charge is 0.497 e. The van der Waals surface area contributed by atoms with E-state index in [0.717, 1.165) is 17.8 Å². The molecular weight excluding hydrogens is 346 g/mol. The number of benzene rings is 1. The van der Waals surface area contributed by atoms with E-state index in [9.17, 15) is 13.5 Å². The van der Waals surface area contributed by atoms with E-state index < -0.39 is 22.2 Å². The van der Waals surface area contributed by atoms with Gasteiger partial charge in [0.15, 0.2) is 0 Å². The molecule has 0 bridgehead atoms. The zero-order chi connectivity index (χ0) is 17.7. The molecule has 1 heterocycles. The lowest BCUT2D eigenvalue weighted by molar-refractivity contribution is 0.112. The number of hydrogen-bond acceptors (Lipinski definition) is 5. The maximum atomic E-state index is 12.5. The number of ether oxygens (including phenoxy) is 1. The molecule has 0 amide bonds. The summed E-state index contributed by atoms with van der Waals surface area (Å²) in [6.07, 6.45) is -0.203. The third-order valence-corrected chi connectivity index (χ3v) is 6.96. The predicted octanol–water partition coefficient (Wildman–Crippen LogP) is 3.18. The summed E-state index contributed by atoms with van der Waals surface area (Å²) in [5, 5.41) is 12.5. The van der Waals surface area contributed by atoms with Crippen molar-refractivity contribution in [1.82, 2.24) is 4.72 Å². The Morgan fingerprint density at radius 1 is 1.25 bits per heavy atom. The van der Waals surface area contributed by atoms with Gasteiger partial charge in [-0.3, -0.25) is 0 Å². The molecule has 0 radical (unpaired) electrons. The minimum Gasteiger partial charge on any atom is -0.497 e. The van der Waals surface area contributed by atoms with Crippen LogP contribution in [-0.4, -0.2) is 26.7 Å². The van der Waals surface area contributed by atoms with Crippen LogP contribution < -0.4 is 9.46 Å². The molecule has 2 rings (SSSR count). The minimum atomic E-state index is -3.65. The van der Waals surface area contributed by atoms with Crippen molar-refractivity contribution < 1.29 is 18.3 Å². The highest BCUT2D eigenvalue weighted by molar-refractivity contribution is 7.91. The molecule has 0 saturated carbocycles. The molecule has 0 spiro atoms. The van der Waals surface area contributed by atoms with Crippen LogP contribution in [0.25, 0.3) is 0 Å². The minimum absolute atomic E-state index is 0.0307. The fourth-order valence-corrected chi connectivity index (χ4v) is 4.77. The quantitative estimate of drug-likeness (QED) is 0.749. The number of rotatable bonds is 8. The van der Waals surface area contributed by atoms with Crippen LogP contribution in [0.1, 0.15) is 31.9 Å². The molecule has 24 heavy (non-hydrogen) atoms. The standard InChI is InChI=1S/C17H23NO4S2/c1-4-12(2)16(18-24(20,21)15-6-5-11-23-15)17(19)13-7-9-14(22-3)10-8-13/h5-12,16-19H,4H2,1-3H3/t12-,16-,17?/m0/s1. The van der Waals surface area contributed by atoms with Crippen molar-refractivity contribution in [3.8, 4) is 5.75 Å². The second-order valence-electron chi connectivity index (χ2n) is 5.68. The van der Waals surface area contributed by atoms with Gasteiger partial charge in [-0.2, -0.15) is 0 Å². The molecule has 0 fully saturated rings. The summed E-state index contributed by atoms with van der Waals surface area (Å²) >= 11 is 1.16. The van der Waals surface area contributed by atoms with Crippen molar-refractivity contribution in [3.63, 3.8) is 0 Å². The maximum absolute atomic E-state index is 12.5. The highest BCUT2D eigenvalue weighted by Crippen LogP contribution is 2.27. The van der Waals surface area contributed by atoms with Crippen LogP contribution in [0.3, 0.4) is 0 Å². The lowest BCUT2D eigenvalue weighted by Crippen LogP contribution is -2.43. The molecule has 132 valence electrons. The lowest BCUT2D eigenvalue weighted by Gasteiger charge is -2.29. The fraction of sp³-hybridized carbons (Fsp3) is 0.412. The van der Waals surface area contributed by atoms with Gasteiger partial charge in [-0.05, 0) is 35.1 Å². The Morgan fingerprint density at radius 2 is 1.92 bits per heavy atom. The van der Waals surface area contributed by atoms with Gasteiger partial charge in [0, 0.05) is 0 Å². The molecule has 2 aromatic rings. The first kappa shape index (κ1) is 18.9. The lowest BCUT2D eigenvalue weighted by atomic mass is 9.91. The predicted molar refractivity (Wildman–Crippen MR) is 95.8 cm³/mol. The number of sulfonamides is 1.